The third kappa shape index (κ3) is 3.82. The first kappa shape index (κ1) is 20.2. The van der Waals surface area contributed by atoms with Gasteiger partial charge in [0.25, 0.3) is 11.5 Å². The van der Waals surface area contributed by atoms with E-state index in [9.17, 15) is 9.59 Å². The molecule has 2 N–H and O–H groups in total. The number of ether oxygens (including phenoxy) is 2. The van der Waals surface area contributed by atoms with Gasteiger partial charge in [-0.05, 0) is 38.3 Å². The molecule has 1 fully saturated rings. The SMILES string of the molecule is COc1c(C)cccc1C(=O)NC(C)c1cc(=O)n2[nH]c(C3CCOCC3)cc2n1. The van der Waals surface area contributed by atoms with Gasteiger partial charge >= 0.3 is 0 Å². The van der Waals surface area contributed by atoms with E-state index < -0.39 is 6.04 Å². The first-order chi connectivity index (χ1) is 14.5. The number of nitrogens with zero attached hydrogens (tertiary/aromatic N) is 2. The van der Waals surface area contributed by atoms with Crippen LogP contribution >= 0.6 is 0 Å². The molecule has 4 rings (SSSR count). The Bertz CT molecular complexity index is 1130. The Morgan fingerprint density at radius 2 is 2.10 bits per heavy atom. The summed E-state index contributed by atoms with van der Waals surface area (Å²) in [6, 6.07) is 8.34. The van der Waals surface area contributed by atoms with Crippen LogP contribution in [-0.2, 0) is 4.74 Å². The third-order valence-electron chi connectivity index (χ3n) is 5.60. The van der Waals surface area contributed by atoms with E-state index >= 15 is 0 Å². The van der Waals surface area contributed by atoms with Gasteiger partial charge in [-0.3, -0.25) is 14.7 Å². The summed E-state index contributed by atoms with van der Waals surface area (Å²) in [7, 11) is 1.54. The molecule has 3 aromatic rings. The van der Waals surface area contributed by atoms with Crippen molar-refractivity contribution in [1.82, 2.24) is 19.9 Å². The van der Waals surface area contributed by atoms with Crippen LogP contribution in [0.25, 0.3) is 5.65 Å². The molecule has 3 heterocycles. The van der Waals surface area contributed by atoms with Crippen molar-refractivity contribution in [3.05, 3.63) is 63.2 Å². The number of nitrogens with one attached hydrogen (secondary N) is 2. The molecule has 1 unspecified atom stereocenters. The van der Waals surface area contributed by atoms with E-state index in [-0.39, 0.29) is 11.5 Å². The molecule has 1 aliphatic heterocycles. The van der Waals surface area contributed by atoms with Crippen LogP contribution in [0.15, 0.2) is 35.1 Å². The molecule has 0 bridgehead atoms. The quantitative estimate of drug-likeness (QED) is 0.674. The number of rotatable bonds is 5. The number of aromatic nitrogens is 3. The molecule has 8 nitrogen and oxygen atoms in total. The summed E-state index contributed by atoms with van der Waals surface area (Å²) in [5.74, 6) is 0.591. The van der Waals surface area contributed by atoms with Crippen molar-refractivity contribution in [2.24, 2.45) is 0 Å². The molecular formula is C22H26N4O4. The number of benzene rings is 1. The minimum absolute atomic E-state index is 0.206. The smallest absolute Gasteiger partial charge is 0.272 e. The van der Waals surface area contributed by atoms with Crippen molar-refractivity contribution < 1.29 is 14.3 Å². The largest absolute Gasteiger partial charge is 0.496 e. The fourth-order valence-electron chi connectivity index (χ4n) is 3.92. The molecule has 0 radical (unpaired) electrons. The molecule has 158 valence electrons. The molecule has 2 aromatic heterocycles. The minimum Gasteiger partial charge on any atom is -0.496 e. The molecule has 1 saturated heterocycles. The monoisotopic (exact) mass is 410 g/mol. The predicted molar refractivity (Wildman–Crippen MR) is 112 cm³/mol. The first-order valence-corrected chi connectivity index (χ1v) is 10.1. The van der Waals surface area contributed by atoms with E-state index in [4.69, 9.17) is 9.47 Å². The highest BCUT2D eigenvalue weighted by molar-refractivity contribution is 5.97. The lowest BCUT2D eigenvalue weighted by atomic mass is 9.97. The maximum atomic E-state index is 12.8. The number of para-hydroxylation sites is 1. The van der Waals surface area contributed by atoms with E-state index in [1.807, 2.05) is 32.0 Å². The predicted octanol–water partition coefficient (Wildman–Crippen LogP) is 2.72. The van der Waals surface area contributed by atoms with Gasteiger partial charge in [0.05, 0.1) is 24.4 Å². The molecular weight excluding hydrogens is 384 g/mol. The van der Waals surface area contributed by atoms with Gasteiger partial charge in [0.2, 0.25) is 0 Å². The van der Waals surface area contributed by atoms with Crippen LogP contribution in [-0.4, -0.2) is 40.8 Å². The van der Waals surface area contributed by atoms with E-state index in [0.29, 0.717) is 28.6 Å². The third-order valence-corrected chi connectivity index (χ3v) is 5.60. The van der Waals surface area contributed by atoms with Crippen LogP contribution in [0.2, 0.25) is 0 Å². The van der Waals surface area contributed by atoms with Gasteiger partial charge in [0.15, 0.2) is 5.65 Å². The molecule has 1 aliphatic rings. The van der Waals surface area contributed by atoms with Crippen molar-refractivity contribution >= 4 is 11.6 Å². The molecule has 1 atom stereocenters. The van der Waals surface area contributed by atoms with Crippen molar-refractivity contribution in [3.63, 3.8) is 0 Å². The zero-order valence-corrected chi connectivity index (χ0v) is 17.4. The van der Waals surface area contributed by atoms with Crippen LogP contribution in [0.5, 0.6) is 5.75 Å². The second-order valence-corrected chi connectivity index (χ2v) is 7.66. The number of aryl methyl sites for hydroxylation is 1. The second-order valence-electron chi connectivity index (χ2n) is 7.66. The topological polar surface area (TPSA) is 97.7 Å². The van der Waals surface area contributed by atoms with Crippen LogP contribution in [0.3, 0.4) is 0 Å². The lowest BCUT2D eigenvalue weighted by molar-refractivity contribution is 0.0844. The average molecular weight is 410 g/mol. The van der Waals surface area contributed by atoms with Crippen LogP contribution in [0.4, 0.5) is 0 Å². The summed E-state index contributed by atoms with van der Waals surface area (Å²) in [6.45, 7) is 5.14. The van der Waals surface area contributed by atoms with Gasteiger partial charge in [0, 0.05) is 37.0 Å². The zero-order valence-electron chi connectivity index (χ0n) is 17.4. The molecule has 30 heavy (non-hydrogen) atoms. The number of aromatic amines is 1. The van der Waals surface area contributed by atoms with Crippen molar-refractivity contribution in [1.29, 1.82) is 0 Å². The summed E-state index contributed by atoms with van der Waals surface area (Å²) in [4.78, 5) is 30.0. The number of fused-ring (bicyclic) bond motifs is 1. The lowest BCUT2D eigenvalue weighted by Crippen LogP contribution is -2.29. The highest BCUT2D eigenvalue weighted by atomic mass is 16.5. The van der Waals surface area contributed by atoms with Gasteiger partial charge in [0.1, 0.15) is 5.75 Å². The lowest BCUT2D eigenvalue weighted by Gasteiger charge is -2.20. The van der Waals surface area contributed by atoms with Gasteiger partial charge in [-0.2, -0.15) is 0 Å². The number of amides is 1. The Morgan fingerprint density at radius 1 is 1.33 bits per heavy atom. The van der Waals surface area contributed by atoms with E-state index in [1.54, 1.807) is 13.2 Å². The highest BCUT2D eigenvalue weighted by Gasteiger charge is 2.21. The summed E-state index contributed by atoms with van der Waals surface area (Å²) < 4.78 is 12.2. The van der Waals surface area contributed by atoms with Crippen molar-refractivity contribution in [3.8, 4) is 5.75 Å². The number of methoxy groups -OCH3 is 1. The molecule has 1 aromatic carbocycles. The fraction of sp³-hybridized carbons (Fsp3) is 0.409. The molecule has 0 spiro atoms. The summed E-state index contributed by atoms with van der Waals surface area (Å²) >= 11 is 0. The molecule has 0 aliphatic carbocycles. The number of carbonyl (C=O) groups is 1. The van der Waals surface area contributed by atoms with Crippen LogP contribution in [0.1, 0.15) is 59.0 Å². The zero-order chi connectivity index (χ0) is 21.3. The van der Waals surface area contributed by atoms with Gasteiger partial charge in [-0.25, -0.2) is 9.50 Å². The number of hydrogen-bond acceptors (Lipinski definition) is 5. The van der Waals surface area contributed by atoms with E-state index in [2.05, 4.69) is 15.4 Å². The molecule has 0 saturated carbocycles. The molecule has 1 amide bonds. The average Bonchev–Trinajstić information content (AvgIpc) is 3.19. The highest BCUT2D eigenvalue weighted by Crippen LogP contribution is 2.26. The summed E-state index contributed by atoms with van der Waals surface area (Å²) in [5, 5.41) is 6.09. The Labute approximate surface area is 174 Å². The van der Waals surface area contributed by atoms with Crippen LogP contribution in [0, 0.1) is 6.92 Å². The Morgan fingerprint density at radius 3 is 2.83 bits per heavy atom. The fourth-order valence-corrected chi connectivity index (χ4v) is 3.92. The van der Waals surface area contributed by atoms with Gasteiger partial charge in [-0.15, -0.1) is 0 Å². The summed E-state index contributed by atoms with van der Waals surface area (Å²) in [5.41, 5.74) is 3.17. The maximum Gasteiger partial charge on any atom is 0.272 e. The first-order valence-electron chi connectivity index (χ1n) is 10.1. The Balaban J connectivity index is 1.59. The van der Waals surface area contributed by atoms with Gasteiger partial charge in [-0.1, -0.05) is 12.1 Å². The number of carbonyl (C=O) groups excluding carboxylic acids is 1. The van der Waals surface area contributed by atoms with Crippen LogP contribution < -0.4 is 15.6 Å². The number of H-pyrrole nitrogens is 1. The van der Waals surface area contributed by atoms with Crippen molar-refractivity contribution in [2.75, 3.05) is 20.3 Å². The van der Waals surface area contributed by atoms with Crippen molar-refractivity contribution in [2.45, 2.75) is 38.6 Å². The van der Waals surface area contributed by atoms with E-state index in [0.717, 1.165) is 37.3 Å². The standard InChI is InChI=1S/C22H26N4O4/c1-13-5-4-6-16(21(13)29-3)22(28)23-14(2)17-12-20(27)26-19(24-17)11-18(25-26)15-7-9-30-10-8-15/h4-6,11-12,14-15,25H,7-10H2,1-3H3,(H,23,28). The summed E-state index contributed by atoms with van der Waals surface area (Å²) in [6.07, 6.45) is 1.83. The number of hydrogen-bond donors (Lipinski definition) is 2. The Hall–Kier alpha value is -3.13. The Kier molecular flexibility index (Phi) is 5.59. The van der Waals surface area contributed by atoms with E-state index in [1.165, 1.54) is 10.6 Å². The minimum atomic E-state index is -0.443. The molecule has 8 heteroatoms. The normalized spacial score (nSPS) is 15.8. The maximum absolute atomic E-state index is 12.8. The van der Waals surface area contributed by atoms with Gasteiger partial charge < -0.3 is 14.8 Å². The second kappa shape index (κ2) is 8.31.